The van der Waals surface area contributed by atoms with Crippen LogP contribution >= 0.6 is 24.0 Å². The summed E-state index contributed by atoms with van der Waals surface area (Å²) in [6.45, 7) is 3.76. The molecule has 1 aliphatic heterocycles. The Labute approximate surface area is 119 Å². The molecule has 0 bridgehead atoms. The molecule has 7 heteroatoms. The number of halogens is 2. The molecule has 1 heterocycles. The lowest BCUT2D eigenvalue weighted by atomic mass is 10.3. The monoisotopic (exact) mass is 310 g/mol. The first kappa shape index (κ1) is 15.7. The number of nitrogens with one attached hydrogen (secondary N) is 1. The van der Waals surface area contributed by atoms with Gasteiger partial charge in [0.05, 0.1) is 4.90 Å². The molecule has 0 aliphatic carbocycles. The molecule has 1 aliphatic rings. The lowest BCUT2D eigenvalue weighted by molar-refractivity contribution is 0.284. The zero-order valence-corrected chi connectivity index (χ0v) is 12.4. The zero-order chi connectivity index (χ0) is 12.5. The van der Waals surface area contributed by atoms with Crippen LogP contribution in [0.4, 0.5) is 0 Å². The number of piperazine rings is 1. The standard InChI is InChI=1S/C11H15ClN2O2S.ClH/c1-9-8-13-5-6-14(9)17(15,16)11-4-2-3-10(12)7-11;/h2-4,7,9,13H,5-6,8H2,1H3;1H/t9-;/m1./s1. The van der Waals surface area contributed by atoms with Crippen LogP contribution in [0.5, 0.6) is 0 Å². The molecule has 2 rings (SSSR count). The van der Waals surface area contributed by atoms with Gasteiger partial charge in [0.2, 0.25) is 10.0 Å². The summed E-state index contributed by atoms with van der Waals surface area (Å²) in [6.07, 6.45) is 0. The van der Waals surface area contributed by atoms with Crippen LogP contribution in [0.2, 0.25) is 5.02 Å². The predicted octanol–water partition coefficient (Wildman–Crippen LogP) is 1.74. The van der Waals surface area contributed by atoms with Gasteiger partial charge in [-0.3, -0.25) is 0 Å². The molecule has 102 valence electrons. The van der Waals surface area contributed by atoms with Crippen LogP contribution in [0.25, 0.3) is 0 Å². The molecule has 0 aromatic heterocycles. The van der Waals surface area contributed by atoms with Crippen molar-refractivity contribution in [1.82, 2.24) is 9.62 Å². The lowest BCUT2D eigenvalue weighted by Gasteiger charge is -2.32. The van der Waals surface area contributed by atoms with Crippen molar-refractivity contribution in [2.75, 3.05) is 19.6 Å². The van der Waals surface area contributed by atoms with E-state index in [1.54, 1.807) is 18.2 Å². The molecule has 0 unspecified atom stereocenters. The average Bonchev–Trinajstić information content (AvgIpc) is 2.29. The Hall–Kier alpha value is -0.330. The van der Waals surface area contributed by atoms with Gasteiger partial charge in [-0.15, -0.1) is 12.4 Å². The second kappa shape index (κ2) is 6.21. The van der Waals surface area contributed by atoms with Crippen LogP contribution < -0.4 is 5.32 Å². The minimum absolute atomic E-state index is 0. The number of hydrogen-bond acceptors (Lipinski definition) is 3. The first-order chi connectivity index (χ1) is 8.01. The smallest absolute Gasteiger partial charge is 0.243 e. The van der Waals surface area contributed by atoms with Gasteiger partial charge in [0, 0.05) is 30.7 Å². The van der Waals surface area contributed by atoms with E-state index in [4.69, 9.17) is 11.6 Å². The number of rotatable bonds is 2. The lowest BCUT2D eigenvalue weighted by Crippen LogP contribution is -2.52. The van der Waals surface area contributed by atoms with E-state index in [0.717, 1.165) is 0 Å². The molecular formula is C11H16Cl2N2O2S. The fraction of sp³-hybridized carbons (Fsp3) is 0.455. The first-order valence-corrected chi connectivity index (χ1v) is 7.32. The van der Waals surface area contributed by atoms with E-state index < -0.39 is 10.0 Å². The zero-order valence-electron chi connectivity index (χ0n) is 9.97. The number of benzene rings is 1. The van der Waals surface area contributed by atoms with Crippen molar-refractivity contribution in [1.29, 1.82) is 0 Å². The van der Waals surface area contributed by atoms with Crippen LogP contribution in [0, 0.1) is 0 Å². The molecule has 1 aromatic carbocycles. The largest absolute Gasteiger partial charge is 0.314 e. The van der Waals surface area contributed by atoms with Crippen molar-refractivity contribution in [2.24, 2.45) is 0 Å². The summed E-state index contributed by atoms with van der Waals surface area (Å²) in [4.78, 5) is 0.263. The maximum atomic E-state index is 12.4. The average molecular weight is 311 g/mol. The highest BCUT2D eigenvalue weighted by Crippen LogP contribution is 2.21. The number of nitrogens with zero attached hydrogens (tertiary/aromatic N) is 1. The molecule has 1 aromatic rings. The highest BCUT2D eigenvalue weighted by Gasteiger charge is 2.30. The third-order valence-electron chi connectivity index (χ3n) is 2.84. The molecule has 1 atom stereocenters. The van der Waals surface area contributed by atoms with Crippen LogP contribution in [-0.4, -0.2) is 38.4 Å². The Kier molecular flexibility index (Phi) is 5.43. The molecule has 0 spiro atoms. The van der Waals surface area contributed by atoms with Gasteiger partial charge >= 0.3 is 0 Å². The minimum atomic E-state index is -3.42. The van der Waals surface area contributed by atoms with E-state index in [0.29, 0.717) is 24.7 Å². The van der Waals surface area contributed by atoms with Crippen molar-refractivity contribution in [2.45, 2.75) is 17.9 Å². The summed E-state index contributed by atoms with van der Waals surface area (Å²) in [7, 11) is -3.42. The van der Waals surface area contributed by atoms with E-state index in [9.17, 15) is 8.42 Å². The van der Waals surface area contributed by atoms with E-state index in [2.05, 4.69) is 5.32 Å². The highest BCUT2D eigenvalue weighted by molar-refractivity contribution is 7.89. The van der Waals surface area contributed by atoms with Crippen molar-refractivity contribution in [3.8, 4) is 0 Å². The van der Waals surface area contributed by atoms with Crippen LogP contribution in [0.3, 0.4) is 0 Å². The Morgan fingerprint density at radius 3 is 2.78 bits per heavy atom. The molecule has 1 fully saturated rings. The Balaban J connectivity index is 0.00000162. The second-order valence-corrected chi connectivity index (χ2v) is 6.45. The van der Waals surface area contributed by atoms with E-state index in [1.165, 1.54) is 10.4 Å². The third-order valence-corrected chi connectivity index (χ3v) is 5.09. The van der Waals surface area contributed by atoms with Crippen LogP contribution in [0.15, 0.2) is 29.2 Å². The summed E-state index contributed by atoms with van der Waals surface area (Å²) in [5.74, 6) is 0. The fourth-order valence-electron chi connectivity index (χ4n) is 1.94. The highest BCUT2D eigenvalue weighted by atomic mass is 35.5. The van der Waals surface area contributed by atoms with E-state index in [-0.39, 0.29) is 23.3 Å². The molecule has 1 N–H and O–H groups in total. The molecule has 0 amide bonds. The Morgan fingerprint density at radius 2 is 2.17 bits per heavy atom. The third kappa shape index (κ3) is 3.16. The Morgan fingerprint density at radius 1 is 1.44 bits per heavy atom. The van der Waals surface area contributed by atoms with Gasteiger partial charge in [0.15, 0.2) is 0 Å². The maximum Gasteiger partial charge on any atom is 0.243 e. The minimum Gasteiger partial charge on any atom is -0.314 e. The van der Waals surface area contributed by atoms with Gasteiger partial charge in [0.25, 0.3) is 0 Å². The van der Waals surface area contributed by atoms with Gasteiger partial charge in [-0.2, -0.15) is 4.31 Å². The second-order valence-electron chi connectivity index (χ2n) is 4.13. The van der Waals surface area contributed by atoms with Gasteiger partial charge in [-0.1, -0.05) is 17.7 Å². The van der Waals surface area contributed by atoms with E-state index in [1.807, 2.05) is 6.92 Å². The summed E-state index contributed by atoms with van der Waals surface area (Å²) in [5.41, 5.74) is 0. The first-order valence-electron chi connectivity index (χ1n) is 5.50. The summed E-state index contributed by atoms with van der Waals surface area (Å²) in [6, 6.07) is 6.36. The Bertz CT molecular complexity index is 508. The molecule has 18 heavy (non-hydrogen) atoms. The van der Waals surface area contributed by atoms with Gasteiger partial charge in [0.1, 0.15) is 0 Å². The molecule has 4 nitrogen and oxygen atoms in total. The van der Waals surface area contributed by atoms with E-state index >= 15 is 0 Å². The predicted molar refractivity (Wildman–Crippen MR) is 74.9 cm³/mol. The fourth-order valence-corrected chi connectivity index (χ4v) is 3.87. The van der Waals surface area contributed by atoms with Crippen molar-refractivity contribution < 1.29 is 8.42 Å². The molecular weight excluding hydrogens is 295 g/mol. The summed E-state index contributed by atoms with van der Waals surface area (Å²) < 4.78 is 26.3. The maximum absolute atomic E-state index is 12.4. The quantitative estimate of drug-likeness (QED) is 0.905. The van der Waals surface area contributed by atoms with Crippen molar-refractivity contribution >= 4 is 34.0 Å². The van der Waals surface area contributed by atoms with Crippen molar-refractivity contribution in [3.05, 3.63) is 29.3 Å². The van der Waals surface area contributed by atoms with Crippen molar-refractivity contribution in [3.63, 3.8) is 0 Å². The van der Waals surface area contributed by atoms with Gasteiger partial charge in [-0.25, -0.2) is 8.42 Å². The summed E-state index contributed by atoms with van der Waals surface area (Å²) >= 11 is 5.83. The molecule has 0 radical (unpaired) electrons. The van der Waals surface area contributed by atoms with Gasteiger partial charge < -0.3 is 5.32 Å². The molecule has 0 saturated carbocycles. The SMILES string of the molecule is C[C@@H]1CNCCN1S(=O)(=O)c1cccc(Cl)c1.Cl. The topological polar surface area (TPSA) is 49.4 Å². The van der Waals surface area contributed by atoms with Crippen LogP contribution in [0.1, 0.15) is 6.92 Å². The molecule has 1 saturated heterocycles. The number of sulfonamides is 1. The summed E-state index contributed by atoms with van der Waals surface area (Å²) in [5, 5.41) is 3.61. The number of hydrogen-bond donors (Lipinski definition) is 1. The normalized spacial score (nSPS) is 21.3. The van der Waals surface area contributed by atoms with Gasteiger partial charge in [-0.05, 0) is 25.1 Å². The van der Waals surface area contributed by atoms with Crippen LogP contribution in [-0.2, 0) is 10.0 Å².